The number of carboxylic acid groups (broad SMARTS) is 2. The van der Waals surface area contributed by atoms with Crippen LogP contribution in [0.5, 0.6) is 0 Å². The summed E-state index contributed by atoms with van der Waals surface area (Å²) in [6, 6.07) is 12.6. The number of hydrogen-bond acceptors (Lipinski definition) is 4. The molecule has 1 aromatic carbocycles. The van der Waals surface area contributed by atoms with Gasteiger partial charge in [-0.1, -0.05) is 35.9 Å². The van der Waals surface area contributed by atoms with Gasteiger partial charge >= 0.3 is 11.9 Å². The number of nitrogens with zero attached hydrogens (tertiary/aromatic N) is 1. The number of aliphatic carboxylic acids is 2. The number of rotatable bonds is 4. The molecule has 0 aliphatic rings. The first-order chi connectivity index (χ1) is 10.5. The molecular formula is C16H18N2O4. The minimum Gasteiger partial charge on any atom is -0.473 e. The highest BCUT2D eigenvalue weighted by Gasteiger charge is 2.04. The quantitative estimate of drug-likeness (QED) is 0.745. The summed E-state index contributed by atoms with van der Waals surface area (Å²) in [6.45, 7) is 3.86. The molecule has 0 bridgehead atoms. The minimum absolute atomic E-state index is 0.863. The lowest BCUT2D eigenvalue weighted by molar-refractivity contribution is -0.159. The molecule has 0 aliphatic heterocycles. The monoisotopic (exact) mass is 302 g/mol. The van der Waals surface area contributed by atoms with Crippen molar-refractivity contribution in [1.29, 1.82) is 0 Å². The van der Waals surface area contributed by atoms with E-state index in [9.17, 15) is 0 Å². The van der Waals surface area contributed by atoms with Crippen molar-refractivity contribution in [2.24, 2.45) is 0 Å². The van der Waals surface area contributed by atoms with Gasteiger partial charge in [0.1, 0.15) is 0 Å². The minimum atomic E-state index is -1.82. The highest BCUT2D eigenvalue weighted by atomic mass is 16.4. The molecule has 1 aromatic heterocycles. The van der Waals surface area contributed by atoms with E-state index in [2.05, 4.69) is 47.6 Å². The summed E-state index contributed by atoms with van der Waals surface area (Å²) in [5, 5.41) is 18.2. The molecule has 2 rings (SSSR count). The number of pyridine rings is 1. The van der Waals surface area contributed by atoms with Gasteiger partial charge in [0.15, 0.2) is 0 Å². The van der Waals surface area contributed by atoms with E-state index >= 15 is 0 Å². The molecule has 2 aromatic rings. The second kappa shape index (κ2) is 9.25. The molecule has 1 heterocycles. The molecule has 22 heavy (non-hydrogen) atoms. The number of nitrogens with one attached hydrogen (secondary N) is 1. The molecule has 0 spiro atoms. The number of aromatic nitrogens is 1. The second-order valence-electron chi connectivity index (χ2n) is 4.56. The Hall–Kier alpha value is -2.73. The molecule has 0 aliphatic carbocycles. The molecule has 3 N–H and O–H groups in total. The average Bonchev–Trinajstić information content (AvgIpc) is 2.51. The van der Waals surface area contributed by atoms with E-state index in [1.165, 1.54) is 16.7 Å². The van der Waals surface area contributed by atoms with Crippen molar-refractivity contribution in [2.75, 3.05) is 0 Å². The van der Waals surface area contributed by atoms with Crippen molar-refractivity contribution in [3.8, 4) is 0 Å². The Balaban J connectivity index is 0.000000346. The van der Waals surface area contributed by atoms with Gasteiger partial charge in [0.25, 0.3) is 0 Å². The number of carbonyl (C=O) groups is 2. The number of aryl methyl sites for hydroxylation is 1. The predicted molar refractivity (Wildman–Crippen MR) is 81.2 cm³/mol. The fourth-order valence-corrected chi connectivity index (χ4v) is 1.56. The first kappa shape index (κ1) is 17.3. The van der Waals surface area contributed by atoms with Crippen LogP contribution in [0, 0.1) is 6.92 Å². The van der Waals surface area contributed by atoms with Crippen LogP contribution in [0.2, 0.25) is 0 Å². The Kier molecular flexibility index (Phi) is 7.28. The Morgan fingerprint density at radius 2 is 1.59 bits per heavy atom. The zero-order chi connectivity index (χ0) is 16.4. The van der Waals surface area contributed by atoms with Gasteiger partial charge in [-0.3, -0.25) is 4.98 Å². The van der Waals surface area contributed by atoms with Crippen LogP contribution in [0.3, 0.4) is 0 Å². The summed E-state index contributed by atoms with van der Waals surface area (Å²) in [5.74, 6) is -3.65. The highest BCUT2D eigenvalue weighted by molar-refractivity contribution is 6.27. The zero-order valence-electron chi connectivity index (χ0n) is 12.2. The highest BCUT2D eigenvalue weighted by Crippen LogP contribution is 2.03. The molecule has 0 radical (unpaired) electrons. The molecule has 0 saturated carbocycles. The smallest absolute Gasteiger partial charge is 0.414 e. The van der Waals surface area contributed by atoms with E-state index < -0.39 is 11.9 Å². The zero-order valence-corrected chi connectivity index (χ0v) is 12.2. The number of benzene rings is 1. The maximum Gasteiger partial charge on any atom is 0.414 e. The fraction of sp³-hybridized carbons (Fsp3) is 0.188. The first-order valence-corrected chi connectivity index (χ1v) is 6.60. The summed E-state index contributed by atoms with van der Waals surface area (Å²) in [6.07, 6.45) is 3.69. The lowest BCUT2D eigenvalue weighted by Gasteiger charge is -2.05. The third-order valence-corrected chi connectivity index (χ3v) is 2.68. The lowest BCUT2D eigenvalue weighted by atomic mass is 10.1. The Morgan fingerprint density at radius 1 is 1.00 bits per heavy atom. The molecule has 116 valence electrons. The van der Waals surface area contributed by atoms with Crippen LogP contribution in [0.4, 0.5) is 0 Å². The predicted octanol–water partition coefficient (Wildman–Crippen LogP) is 1.84. The molecule has 0 unspecified atom stereocenters. The van der Waals surface area contributed by atoms with Crippen molar-refractivity contribution >= 4 is 11.9 Å². The number of hydrogen-bond donors (Lipinski definition) is 3. The van der Waals surface area contributed by atoms with Crippen LogP contribution in [0.1, 0.15) is 16.7 Å². The standard InChI is InChI=1S/C14H16N2.C2H2O4/c1-12-4-6-13(7-5-12)9-16-11-14-3-2-8-15-10-14;3-1(4)2(5)6/h2-8,10,16H,9,11H2,1H3;(H,3,4)(H,5,6). The van der Waals surface area contributed by atoms with Crippen LogP contribution >= 0.6 is 0 Å². The molecule has 0 saturated heterocycles. The largest absolute Gasteiger partial charge is 0.473 e. The van der Waals surface area contributed by atoms with Gasteiger partial charge in [-0.15, -0.1) is 0 Å². The van der Waals surface area contributed by atoms with Crippen LogP contribution in [0.15, 0.2) is 48.8 Å². The van der Waals surface area contributed by atoms with Crippen LogP contribution in [-0.2, 0) is 22.7 Å². The summed E-state index contributed by atoms with van der Waals surface area (Å²) in [4.78, 5) is 22.3. The molecule has 6 heteroatoms. The van der Waals surface area contributed by atoms with Crippen LogP contribution in [0.25, 0.3) is 0 Å². The van der Waals surface area contributed by atoms with Crippen molar-refractivity contribution in [3.05, 3.63) is 65.5 Å². The van der Waals surface area contributed by atoms with E-state index in [-0.39, 0.29) is 0 Å². The van der Waals surface area contributed by atoms with Crippen molar-refractivity contribution in [3.63, 3.8) is 0 Å². The summed E-state index contributed by atoms with van der Waals surface area (Å²) < 4.78 is 0. The molecule has 6 nitrogen and oxygen atoms in total. The maximum absolute atomic E-state index is 9.10. The van der Waals surface area contributed by atoms with E-state index in [4.69, 9.17) is 19.8 Å². The van der Waals surface area contributed by atoms with E-state index in [0.29, 0.717) is 0 Å². The normalized spacial score (nSPS) is 9.50. The Morgan fingerprint density at radius 3 is 2.09 bits per heavy atom. The third-order valence-electron chi connectivity index (χ3n) is 2.68. The third kappa shape index (κ3) is 7.16. The van der Waals surface area contributed by atoms with Gasteiger partial charge in [0, 0.05) is 25.5 Å². The van der Waals surface area contributed by atoms with Gasteiger partial charge in [-0.2, -0.15) is 0 Å². The Labute approximate surface area is 128 Å². The molecule has 0 fully saturated rings. The SMILES string of the molecule is Cc1ccc(CNCc2cccnc2)cc1.O=C(O)C(=O)O. The van der Waals surface area contributed by atoms with Crippen LogP contribution in [-0.4, -0.2) is 27.1 Å². The van der Waals surface area contributed by atoms with E-state index in [1.54, 1.807) is 6.20 Å². The van der Waals surface area contributed by atoms with Gasteiger partial charge < -0.3 is 15.5 Å². The average molecular weight is 302 g/mol. The van der Waals surface area contributed by atoms with Gasteiger partial charge in [0.2, 0.25) is 0 Å². The molecule has 0 atom stereocenters. The second-order valence-corrected chi connectivity index (χ2v) is 4.56. The first-order valence-electron chi connectivity index (χ1n) is 6.60. The summed E-state index contributed by atoms with van der Waals surface area (Å²) in [7, 11) is 0. The lowest BCUT2D eigenvalue weighted by Crippen LogP contribution is -2.12. The van der Waals surface area contributed by atoms with Crippen molar-refractivity contribution < 1.29 is 19.8 Å². The van der Waals surface area contributed by atoms with Gasteiger partial charge in [-0.05, 0) is 24.1 Å². The maximum atomic E-state index is 9.10. The van der Waals surface area contributed by atoms with Gasteiger partial charge in [0.05, 0.1) is 0 Å². The molecular weight excluding hydrogens is 284 g/mol. The molecule has 0 amide bonds. The Bertz CT molecular complexity index is 585. The number of carboxylic acids is 2. The van der Waals surface area contributed by atoms with Gasteiger partial charge in [-0.25, -0.2) is 9.59 Å². The van der Waals surface area contributed by atoms with E-state index in [1.807, 2.05) is 12.3 Å². The van der Waals surface area contributed by atoms with Crippen molar-refractivity contribution in [2.45, 2.75) is 20.0 Å². The van der Waals surface area contributed by atoms with Crippen molar-refractivity contribution in [1.82, 2.24) is 10.3 Å². The van der Waals surface area contributed by atoms with E-state index in [0.717, 1.165) is 13.1 Å². The van der Waals surface area contributed by atoms with Crippen LogP contribution < -0.4 is 5.32 Å². The summed E-state index contributed by atoms with van der Waals surface area (Å²) >= 11 is 0. The topological polar surface area (TPSA) is 99.5 Å². The summed E-state index contributed by atoms with van der Waals surface area (Å²) in [5.41, 5.74) is 3.83. The fourth-order valence-electron chi connectivity index (χ4n) is 1.56.